The molecule has 0 bridgehead atoms. The number of amides is 2. The molecular formula is C25H25FN4O5. The highest BCUT2D eigenvalue weighted by atomic mass is 19.1. The van der Waals surface area contributed by atoms with Gasteiger partial charge in [0.15, 0.2) is 0 Å². The van der Waals surface area contributed by atoms with Crippen molar-refractivity contribution in [1.82, 2.24) is 19.4 Å². The Balaban J connectivity index is 1.34. The second kappa shape index (κ2) is 9.46. The van der Waals surface area contributed by atoms with Crippen LogP contribution in [0.25, 0.3) is 10.9 Å². The minimum atomic E-state index is -0.657. The molecule has 2 amide bonds. The van der Waals surface area contributed by atoms with Crippen LogP contribution in [0.2, 0.25) is 0 Å². The molecule has 9 nitrogen and oxygen atoms in total. The number of rotatable bonds is 4. The lowest BCUT2D eigenvalue weighted by Gasteiger charge is -2.35. The van der Waals surface area contributed by atoms with Gasteiger partial charge in [-0.2, -0.15) is 0 Å². The van der Waals surface area contributed by atoms with E-state index in [9.17, 15) is 23.6 Å². The van der Waals surface area contributed by atoms with Crippen LogP contribution in [0.4, 0.5) is 4.39 Å². The minimum Gasteiger partial charge on any atom is -0.368 e. The van der Waals surface area contributed by atoms with Gasteiger partial charge in [0.1, 0.15) is 11.9 Å². The molecule has 1 atom stereocenters. The van der Waals surface area contributed by atoms with E-state index in [1.807, 2.05) is 0 Å². The summed E-state index contributed by atoms with van der Waals surface area (Å²) in [7, 11) is 0. The second-order valence-corrected chi connectivity index (χ2v) is 8.80. The maximum atomic E-state index is 14.7. The van der Waals surface area contributed by atoms with Crippen LogP contribution in [0.5, 0.6) is 0 Å². The van der Waals surface area contributed by atoms with Crippen molar-refractivity contribution in [3.8, 4) is 0 Å². The molecule has 2 aromatic carbocycles. The van der Waals surface area contributed by atoms with Crippen LogP contribution in [-0.4, -0.2) is 70.1 Å². The van der Waals surface area contributed by atoms with Crippen molar-refractivity contribution >= 4 is 22.7 Å². The van der Waals surface area contributed by atoms with E-state index in [1.165, 1.54) is 27.7 Å². The number of halogens is 1. The molecule has 1 N–H and O–H groups in total. The third-order valence-electron chi connectivity index (χ3n) is 6.59. The first-order valence-electron chi connectivity index (χ1n) is 11.6. The van der Waals surface area contributed by atoms with Crippen molar-refractivity contribution in [2.45, 2.75) is 25.5 Å². The Kier molecular flexibility index (Phi) is 6.21. The van der Waals surface area contributed by atoms with Crippen LogP contribution in [0.15, 0.2) is 52.1 Å². The number of aromatic nitrogens is 2. The molecule has 2 aliphatic rings. The van der Waals surface area contributed by atoms with E-state index in [2.05, 4.69) is 4.98 Å². The maximum absolute atomic E-state index is 14.7. The molecule has 3 aromatic rings. The number of piperazine rings is 1. The Hall–Kier alpha value is -3.79. The molecule has 0 radical (unpaired) electrons. The smallest absolute Gasteiger partial charge is 0.329 e. The molecule has 2 fully saturated rings. The molecule has 5 rings (SSSR count). The van der Waals surface area contributed by atoms with E-state index < -0.39 is 29.1 Å². The third-order valence-corrected chi connectivity index (χ3v) is 6.59. The molecule has 0 aliphatic carbocycles. The minimum absolute atomic E-state index is 0.0543. The Morgan fingerprint density at radius 3 is 2.51 bits per heavy atom. The summed E-state index contributed by atoms with van der Waals surface area (Å²) < 4.78 is 21.5. The predicted octanol–water partition coefficient (Wildman–Crippen LogP) is 1.34. The number of carbonyl (C=O) groups excluding carboxylic acids is 2. The molecule has 0 spiro atoms. The van der Waals surface area contributed by atoms with Crippen molar-refractivity contribution in [1.29, 1.82) is 0 Å². The number of aromatic amines is 1. The van der Waals surface area contributed by atoms with Gasteiger partial charge in [0, 0.05) is 32.8 Å². The average Bonchev–Trinajstić information content (AvgIpc) is 3.42. The van der Waals surface area contributed by atoms with Crippen molar-refractivity contribution in [2.24, 2.45) is 0 Å². The molecule has 2 saturated heterocycles. The molecule has 3 heterocycles. The third kappa shape index (κ3) is 4.49. The van der Waals surface area contributed by atoms with Crippen LogP contribution in [0.3, 0.4) is 0 Å². The molecule has 0 saturated carbocycles. The highest BCUT2D eigenvalue weighted by molar-refractivity contribution is 5.95. The van der Waals surface area contributed by atoms with Gasteiger partial charge < -0.3 is 14.5 Å². The molecular weight excluding hydrogens is 455 g/mol. The van der Waals surface area contributed by atoms with Gasteiger partial charge in [-0.3, -0.25) is 23.9 Å². The summed E-state index contributed by atoms with van der Waals surface area (Å²) in [4.78, 5) is 55.8. The van der Waals surface area contributed by atoms with Crippen LogP contribution in [0.1, 0.15) is 28.8 Å². The normalized spacial score (nSPS) is 18.3. The summed E-state index contributed by atoms with van der Waals surface area (Å²) in [5, 5.41) is 0.362. The van der Waals surface area contributed by atoms with Gasteiger partial charge in [-0.25, -0.2) is 9.18 Å². The van der Waals surface area contributed by atoms with E-state index >= 15 is 0 Å². The zero-order chi connectivity index (χ0) is 24.5. The number of para-hydroxylation sites is 1. The van der Waals surface area contributed by atoms with Crippen LogP contribution in [-0.2, 0) is 16.1 Å². The second-order valence-electron chi connectivity index (χ2n) is 8.80. The van der Waals surface area contributed by atoms with Gasteiger partial charge in [-0.15, -0.1) is 0 Å². The number of carbonyl (C=O) groups is 2. The summed E-state index contributed by atoms with van der Waals surface area (Å²) >= 11 is 0. The predicted molar refractivity (Wildman–Crippen MR) is 126 cm³/mol. The molecule has 2 aliphatic heterocycles. The van der Waals surface area contributed by atoms with E-state index in [0.29, 0.717) is 55.7 Å². The first-order chi connectivity index (χ1) is 16.9. The number of hydrogen-bond acceptors (Lipinski definition) is 5. The van der Waals surface area contributed by atoms with Gasteiger partial charge >= 0.3 is 5.69 Å². The van der Waals surface area contributed by atoms with E-state index in [4.69, 9.17) is 4.74 Å². The summed E-state index contributed by atoms with van der Waals surface area (Å²) in [6.45, 7) is 1.97. The highest BCUT2D eigenvalue weighted by Crippen LogP contribution is 2.19. The Labute approximate surface area is 199 Å². The lowest BCUT2D eigenvalue weighted by molar-refractivity contribution is -0.142. The van der Waals surface area contributed by atoms with Gasteiger partial charge in [-0.05, 0) is 42.7 Å². The van der Waals surface area contributed by atoms with Crippen LogP contribution < -0.4 is 11.2 Å². The summed E-state index contributed by atoms with van der Waals surface area (Å²) in [5.74, 6) is -1.18. The number of fused-ring (bicyclic) bond motifs is 1. The molecule has 10 heteroatoms. The SMILES string of the molecule is O=C(c1cc(Cn2c(=O)[nH]c(=O)c3ccccc32)ccc1F)N1CCN(C(=O)C2CCCO2)CC1. The zero-order valence-electron chi connectivity index (χ0n) is 19.0. The largest absolute Gasteiger partial charge is 0.368 e. The summed E-state index contributed by atoms with van der Waals surface area (Å²) in [5.41, 5.74) is -0.165. The number of nitrogens with zero attached hydrogens (tertiary/aromatic N) is 3. The Morgan fingerprint density at radius 1 is 1.03 bits per heavy atom. The van der Waals surface area contributed by atoms with Crippen LogP contribution >= 0.6 is 0 Å². The number of benzene rings is 2. The Bertz CT molecular complexity index is 1400. The van der Waals surface area contributed by atoms with Gasteiger partial charge in [0.2, 0.25) is 0 Å². The summed E-state index contributed by atoms with van der Waals surface area (Å²) in [6.07, 6.45) is 1.17. The van der Waals surface area contributed by atoms with Crippen molar-refractivity contribution in [3.05, 3.63) is 80.2 Å². The van der Waals surface area contributed by atoms with Gasteiger partial charge in [0.05, 0.1) is 23.0 Å². The standard InChI is InChI=1S/C25H25FN4O5/c26-19-8-7-16(15-30-20-5-2-1-4-17(20)22(31)27-25(30)34)14-18(19)23(32)28-9-11-29(12-10-28)24(33)21-6-3-13-35-21/h1-2,4-5,7-8,14,21H,3,6,9-13,15H2,(H,27,31,34). The molecule has 1 aromatic heterocycles. The fourth-order valence-corrected chi connectivity index (χ4v) is 4.69. The lowest BCUT2D eigenvalue weighted by Crippen LogP contribution is -2.52. The number of H-pyrrole nitrogens is 1. The molecule has 35 heavy (non-hydrogen) atoms. The highest BCUT2D eigenvalue weighted by Gasteiger charge is 2.32. The fourth-order valence-electron chi connectivity index (χ4n) is 4.69. The van der Waals surface area contributed by atoms with Crippen molar-refractivity contribution in [3.63, 3.8) is 0 Å². The molecule has 1 unspecified atom stereocenters. The molecule has 182 valence electrons. The van der Waals surface area contributed by atoms with Crippen molar-refractivity contribution in [2.75, 3.05) is 32.8 Å². The number of ether oxygens (including phenoxy) is 1. The first-order valence-corrected chi connectivity index (χ1v) is 11.6. The van der Waals surface area contributed by atoms with Crippen molar-refractivity contribution < 1.29 is 18.7 Å². The van der Waals surface area contributed by atoms with E-state index in [0.717, 1.165) is 6.42 Å². The summed E-state index contributed by atoms with van der Waals surface area (Å²) in [6, 6.07) is 10.9. The monoisotopic (exact) mass is 480 g/mol. The lowest BCUT2D eigenvalue weighted by atomic mass is 10.1. The number of nitrogens with one attached hydrogen (secondary N) is 1. The first kappa shape index (κ1) is 23.0. The van der Waals surface area contributed by atoms with E-state index in [-0.39, 0.29) is 18.0 Å². The Morgan fingerprint density at radius 2 is 1.77 bits per heavy atom. The number of hydrogen-bond donors (Lipinski definition) is 1. The van der Waals surface area contributed by atoms with Gasteiger partial charge in [0.25, 0.3) is 17.4 Å². The fraction of sp³-hybridized carbons (Fsp3) is 0.360. The maximum Gasteiger partial charge on any atom is 0.329 e. The average molecular weight is 480 g/mol. The zero-order valence-corrected chi connectivity index (χ0v) is 19.0. The van der Waals surface area contributed by atoms with E-state index in [1.54, 1.807) is 29.2 Å². The van der Waals surface area contributed by atoms with Gasteiger partial charge in [-0.1, -0.05) is 18.2 Å². The topological polar surface area (TPSA) is 105 Å². The quantitative estimate of drug-likeness (QED) is 0.607. The van der Waals surface area contributed by atoms with Crippen LogP contribution in [0, 0.1) is 5.82 Å².